The molecule has 2 unspecified atom stereocenters. The fourth-order valence-electron chi connectivity index (χ4n) is 1.98. The van der Waals surface area contributed by atoms with E-state index in [2.05, 4.69) is 6.92 Å². The SMILES string of the molecule is CCCCCCCCCOC(=O)C(C)CCC(C)O. The maximum absolute atomic E-state index is 11.6. The van der Waals surface area contributed by atoms with Crippen molar-refractivity contribution >= 4 is 5.97 Å². The first-order chi connectivity index (χ1) is 9.07. The van der Waals surface area contributed by atoms with Gasteiger partial charge in [-0.1, -0.05) is 52.4 Å². The molecule has 0 aliphatic carbocycles. The summed E-state index contributed by atoms with van der Waals surface area (Å²) in [5, 5.41) is 9.17. The highest BCUT2D eigenvalue weighted by Crippen LogP contribution is 2.11. The van der Waals surface area contributed by atoms with Crippen molar-refractivity contribution in [3.63, 3.8) is 0 Å². The van der Waals surface area contributed by atoms with E-state index in [4.69, 9.17) is 9.84 Å². The van der Waals surface area contributed by atoms with Crippen molar-refractivity contribution in [2.75, 3.05) is 6.61 Å². The first kappa shape index (κ1) is 18.4. The van der Waals surface area contributed by atoms with Crippen LogP contribution in [0.25, 0.3) is 0 Å². The third kappa shape index (κ3) is 12.2. The molecule has 0 aromatic carbocycles. The van der Waals surface area contributed by atoms with Gasteiger partial charge >= 0.3 is 5.97 Å². The Labute approximate surface area is 118 Å². The van der Waals surface area contributed by atoms with Gasteiger partial charge in [0.1, 0.15) is 0 Å². The number of carbonyl (C=O) groups excluding carboxylic acids is 1. The maximum atomic E-state index is 11.6. The van der Waals surface area contributed by atoms with Gasteiger partial charge in [0.05, 0.1) is 18.6 Å². The Bertz CT molecular complexity index is 214. The summed E-state index contributed by atoms with van der Waals surface area (Å²) >= 11 is 0. The Kier molecular flexibility index (Phi) is 12.1. The van der Waals surface area contributed by atoms with E-state index < -0.39 is 0 Å². The monoisotopic (exact) mass is 272 g/mol. The Morgan fingerprint density at radius 1 is 1.00 bits per heavy atom. The molecule has 0 aliphatic rings. The van der Waals surface area contributed by atoms with Gasteiger partial charge in [-0.25, -0.2) is 0 Å². The zero-order valence-corrected chi connectivity index (χ0v) is 13.0. The lowest BCUT2D eigenvalue weighted by molar-refractivity contribution is -0.148. The van der Waals surface area contributed by atoms with Crippen molar-refractivity contribution in [2.45, 2.75) is 84.7 Å². The van der Waals surface area contributed by atoms with Gasteiger partial charge in [-0.15, -0.1) is 0 Å². The smallest absolute Gasteiger partial charge is 0.308 e. The second kappa shape index (κ2) is 12.5. The molecule has 0 heterocycles. The van der Waals surface area contributed by atoms with E-state index in [1.165, 1.54) is 32.1 Å². The molecule has 0 aromatic heterocycles. The molecular formula is C16H32O3. The summed E-state index contributed by atoms with van der Waals surface area (Å²) in [6, 6.07) is 0. The van der Waals surface area contributed by atoms with Crippen molar-refractivity contribution in [3.8, 4) is 0 Å². The van der Waals surface area contributed by atoms with Crippen molar-refractivity contribution in [2.24, 2.45) is 5.92 Å². The van der Waals surface area contributed by atoms with E-state index >= 15 is 0 Å². The molecule has 114 valence electrons. The fraction of sp³-hybridized carbons (Fsp3) is 0.938. The predicted molar refractivity (Wildman–Crippen MR) is 79.0 cm³/mol. The summed E-state index contributed by atoms with van der Waals surface area (Å²) in [4.78, 5) is 11.6. The van der Waals surface area contributed by atoms with Crippen molar-refractivity contribution in [1.82, 2.24) is 0 Å². The van der Waals surface area contributed by atoms with Gasteiger partial charge in [0.25, 0.3) is 0 Å². The quantitative estimate of drug-likeness (QED) is 0.430. The van der Waals surface area contributed by atoms with Crippen LogP contribution >= 0.6 is 0 Å². The third-order valence-electron chi connectivity index (χ3n) is 3.41. The number of unbranched alkanes of at least 4 members (excludes halogenated alkanes) is 6. The van der Waals surface area contributed by atoms with E-state index in [-0.39, 0.29) is 18.0 Å². The van der Waals surface area contributed by atoms with Crippen molar-refractivity contribution < 1.29 is 14.6 Å². The predicted octanol–water partition coefficient (Wildman–Crippen LogP) is 4.08. The van der Waals surface area contributed by atoms with Crippen LogP contribution in [0.5, 0.6) is 0 Å². The number of hydrogen-bond donors (Lipinski definition) is 1. The number of aliphatic hydroxyl groups excluding tert-OH is 1. The molecule has 0 aromatic rings. The van der Waals surface area contributed by atoms with Gasteiger partial charge in [0, 0.05) is 0 Å². The lowest BCUT2D eigenvalue weighted by Crippen LogP contribution is -2.17. The lowest BCUT2D eigenvalue weighted by Gasteiger charge is -2.12. The molecule has 19 heavy (non-hydrogen) atoms. The van der Waals surface area contributed by atoms with E-state index in [0.29, 0.717) is 19.4 Å². The van der Waals surface area contributed by atoms with E-state index in [9.17, 15) is 4.79 Å². The van der Waals surface area contributed by atoms with Gasteiger partial charge in [-0.3, -0.25) is 4.79 Å². The summed E-state index contributed by atoms with van der Waals surface area (Å²) in [6.45, 7) is 6.38. The average Bonchev–Trinajstić information content (AvgIpc) is 2.38. The lowest BCUT2D eigenvalue weighted by atomic mass is 10.0. The third-order valence-corrected chi connectivity index (χ3v) is 3.41. The normalized spacial score (nSPS) is 14.1. The molecule has 0 amide bonds. The summed E-state index contributed by atoms with van der Waals surface area (Å²) in [6.07, 6.45) is 9.63. The molecule has 3 heteroatoms. The number of aliphatic hydroxyl groups is 1. The topological polar surface area (TPSA) is 46.5 Å². The minimum absolute atomic E-state index is 0.0980. The Balaban J connectivity index is 3.37. The van der Waals surface area contributed by atoms with Gasteiger partial charge in [-0.2, -0.15) is 0 Å². The Morgan fingerprint density at radius 3 is 2.16 bits per heavy atom. The van der Waals surface area contributed by atoms with Crippen LogP contribution in [0.1, 0.15) is 78.6 Å². The average molecular weight is 272 g/mol. The van der Waals surface area contributed by atoms with Crippen LogP contribution in [-0.2, 0) is 9.53 Å². The minimum atomic E-state index is -0.335. The molecule has 3 nitrogen and oxygen atoms in total. The van der Waals surface area contributed by atoms with Crippen LogP contribution in [0.15, 0.2) is 0 Å². The largest absolute Gasteiger partial charge is 0.465 e. The van der Waals surface area contributed by atoms with E-state index in [1.54, 1.807) is 6.92 Å². The molecule has 0 aliphatic heterocycles. The molecule has 0 saturated heterocycles. The highest BCUT2D eigenvalue weighted by molar-refractivity contribution is 5.71. The molecule has 2 atom stereocenters. The van der Waals surface area contributed by atoms with E-state index in [0.717, 1.165) is 12.8 Å². The highest BCUT2D eigenvalue weighted by Gasteiger charge is 2.14. The van der Waals surface area contributed by atoms with Crippen LogP contribution in [0.4, 0.5) is 0 Å². The van der Waals surface area contributed by atoms with Crippen LogP contribution in [0.3, 0.4) is 0 Å². The first-order valence-electron chi connectivity index (χ1n) is 7.92. The van der Waals surface area contributed by atoms with Gasteiger partial charge in [0.15, 0.2) is 0 Å². The van der Waals surface area contributed by atoms with Gasteiger partial charge in [0.2, 0.25) is 0 Å². The minimum Gasteiger partial charge on any atom is -0.465 e. The molecule has 0 spiro atoms. The van der Waals surface area contributed by atoms with Crippen molar-refractivity contribution in [1.29, 1.82) is 0 Å². The molecule has 1 N–H and O–H groups in total. The van der Waals surface area contributed by atoms with E-state index in [1.807, 2.05) is 6.92 Å². The highest BCUT2D eigenvalue weighted by atomic mass is 16.5. The summed E-state index contributed by atoms with van der Waals surface area (Å²) < 4.78 is 5.24. The molecule has 0 rings (SSSR count). The Hall–Kier alpha value is -0.570. The van der Waals surface area contributed by atoms with Crippen LogP contribution in [-0.4, -0.2) is 23.8 Å². The second-order valence-electron chi connectivity index (χ2n) is 5.62. The molecule has 0 fully saturated rings. The number of ether oxygens (including phenoxy) is 1. The zero-order valence-electron chi connectivity index (χ0n) is 13.0. The zero-order chi connectivity index (χ0) is 14.5. The van der Waals surface area contributed by atoms with Crippen LogP contribution < -0.4 is 0 Å². The number of rotatable bonds is 12. The molecular weight excluding hydrogens is 240 g/mol. The molecule has 0 bridgehead atoms. The summed E-state index contributed by atoms with van der Waals surface area (Å²) in [7, 11) is 0. The molecule has 0 saturated carbocycles. The fourth-order valence-corrected chi connectivity index (χ4v) is 1.98. The Morgan fingerprint density at radius 2 is 1.58 bits per heavy atom. The standard InChI is InChI=1S/C16H32O3/c1-4-5-6-7-8-9-10-13-19-16(18)14(2)11-12-15(3)17/h14-15,17H,4-13H2,1-3H3. The van der Waals surface area contributed by atoms with Crippen molar-refractivity contribution in [3.05, 3.63) is 0 Å². The number of carbonyl (C=O) groups is 1. The first-order valence-corrected chi connectivity index (χ1v) is 7.92. The maximum Gasteiger partial charge on any atom is 0.308 e. The van der Waals surface area contributed by atoms with Gasteiger partial charge in [-0.05, 0) is 26.2 Å². The number of hydrogen-bond acceptors (Lipinski definition) is 3. The second-order valence-corrected chi connectivity index (χ2v) is 5.62. The van der Waals surface area contributed by atoms with Gasteiger partial charge < -0.3 is 9.84 Å². The molecule has 0 radical (unpaired) electrons. The summed E-state index contributed by atoms with van der Waals surface area (Å²) in [5.74, 6) is -0.217. The van der Waals surface area contributed by atoms with Crippen LogP contribution in [0.2, 0.25) is 0 Å². The van der Waals surface area contributed by atoms with Crippen LogP contribution in [0, 0.1) is 5.92 Å². The summed E-state index contributed by atoms with van der Waals surface area (Å²) in [5.41, 5.74) is 0. The number of esters is 1.